The summed E-state index contributed by atoms with van der Waals surface area (Å²) in [6.07, 6.45) is 0.738. The highest BCUT2D eigenvalue weighted by Gasteiger charge is 2.07. The number of nitrogens with zero attached hydrogens (tertiary/aromatic N) is 1. The second-order valence-electron chi connectivity index (χ2n) is 5.25. The van der Waals surface area contributed by atoms with Crippen molar-refractivity contribution in [1.82, 2.24) is 10.3 Å². The highest BCUT2D eigenvalue weighted by atomic mass is 28.3. The number of aromatic nitrogens is 1. The van der Waals surface area contributed by atoms with Gasteiger partial charge in [-0.1, -0.05) is 31.6 Å². The molecule has 96 valence electrons. The Kier molecular flexibility index (Phi) is 5.11. The lowest BCUT2D eigenvalue weighted by atomic mass is 10.2. The maximum atomic E-state index is 10.8. The summed E-state index contributed by atoms with van der Waals surface area (Å²) >= 11 is 0. The van der Waals surface area contributed by atoms with Gasteiger partial charge in [0.05, 0.1) is 0 Å². The summed E-state index contributed by atoms with van der Waals surface area (Å²) in [5.74, 6) is 3.13. The zero-order chi connectivity index (χ0) is 13.6. The van der Waals surface area contributed by atoms with Crippen LogP contribution in [0.2, 0.25) is 19.6 Å². The van der Waals surface area contributed by atoms with E-state index in [2.05, 4.69) is 41.4 Å². The third-order valence-corrected chi connectivity index (χ3v) is 3.00. The molecule has 1 N–H and O–H groups in total. The number of amides is 1. The fraction of sp³-hybridized carbons (Fsp3) is 0.429. The van der Waals surface area contributed by atoms with Crippen LogP contribution in [0.4, 0.5) is 0 Å². The predicted octanol–water partition coefficient (Wildman–Crippen LogP) is 1.99. The van der Waals surface area contributed by atoms with Gasteiger partial charge in [0.15, 0.2) is 0 Å². The monoisotopic (exact) mass is 260 g/mol. The Hall–Kier alpha value is -1.60. The van der Waals surface area contributed by atoms with Crippen LogP contribution < -0.4 is 5.32 Å². The summed E-state index contributed by atoms with van der Waals surface area (Å²) in [6, 6.07) is 5.85. The molecule has 0 unspecified atom stereocenters. The van der Waals surface area contributed by atoms with Crippen molar-refractivity contribution in [1.29, 1.82) is 0 Å². The Labute approximate surface area is 110 Å². The van der Waals surface area contributed by atoms with E-state index in [-0.39, 0.29) is 5.91 Å². The van der Waals surface area contributed by atoms with Crippen molar-refractivity contribution in [2.24, 2.45) is 0 Å². The van der Waals surface area contributed by atoms with Gasteiger partial charge in [-0.05, 0) is 12.1 Å². The molecule has 0 saturated heterocycles. The molecule has 0 atom stereocenters. The van der Waals surface area contributed by atoms with Crippen LogP contribution >= 0.6 is 0 Å². The molecule has 18 heavy (non-hydrogen) atoms. The van der Waals surface area contributed by atoms with Gasteiger partial charge in [0, 0.05) is 25.6 Å². The lowest BCUT2D eigenvalue weighted by molar-refractivity contribution is -0.118. The molecule has 0 aliphatic heterocycles. The van der Waals surface area contributed by atoms with E-state index in [9.17, 15) is 4.79 Å². The van der Waals surface area contributed by atoms with Crippen LogP contribution in [-0.4, -0.2) is 25.5 Å². The van der Waals surface area contributed by atoms with Crippen LogP contribution in [0, 0.1) is 11.5 Å². The third-order valence-electron chi connectivity index (χ3n) is 2.13. The van der Waals surface area contributed by atoms with Crippen LogP contribution in [-0.2, 0) is 11.2 Å². The summed E-state index contributed by atoms with van der Waals surface area (Å²) in [5, 5.41) is 2.76. The molecule has 0 saturated carbocycles. The van der Waals surface area contributed by atoms with E-state index in [0.717, 1.165) is 17.8 Å². The molecule has 1 aromatic rings. The van der Waals surface area contributed by atoms with Gasteiger partial charge in [0.1, 0.15) is 13.8 Å². The van der Waals surface area contributed by atoms with E-state index >= 15 is 0 Å². The zero-order valence-corrected chi connectivity index (χ0v) is 12.5. The molecular weight excluding hydrogens is 240 g/mol. The van der Waals surface area contributed by atoms with Gasteiger partial charge in [0.2, 0.25) is 5.91 Å². The summed E-state index contributed by atoms with van der Waals surface area (Å²) < 4.78 is 0. The standard InChI is InChI=1S/C14H20N2OSi/c1-12(17)15-10-8-13-6-5-7-14(16-13)9-11-18(2,3)4/h5-7H,8,10H2,1-4H3,(H,15,17). The minimum Gasteiger partial charge on any atom is -0.356 e. The highest BCUT2D eigenvalue weighted by molar-refractivity contribution is 6.83. The minimum atomic E-state index is -1.36. The van der Waals surface area contributed by atoms with Gasteiger partial charge >= 0.3 is 0 Å². The van der Waals surface area contributed by atoms with E-state index in [1.807, 2.05) is 18.2 Å². The van der Waals surface area contributed by atoms with Gasteiger partial charge in [-0.2, -0.15) is 0 Å². The number of carbonyl (C=O) groups excluding carboxylic acids is 1. The molecule has 0 radical (unpaired) electrons. The molecule has 0 aromatic carbocycles. The molecule has 0 aliphatic rings. The molecule has 0 fully saturated rings. The van der Waals surface area contributed by atoms with Gasteiger partial charge < -0.3 is 5.32 Å². The first kappa shape index (κ1) is 14.5. The van der Waals surface area contributed by atoms with E-state index in [1.165, 1.54) is 6.92 Å². The van der Waals surface area contributed by atoms with E-state index in [4.69, 9.17) is 0 Å². The van der Waals surface area contributed by atoms with Crippen molar-refractivity contribution in [2.75, 3.05) is 6.54 Å². The Morgan fingerprint density at radius 2 is 2.11 bits per heavy atom. The second kappa shape index (κ2) is 6.36. The topological polar surface area (TPSA) is 42.0 Å². The van der Waals surface area contributed by atoms with Gasteiger partial charge in [-0.15, -0.1) is 5.54 Å². The average Bonchev–Trinajstić information content (AvgIpc) is 2.26. The van der Waals surface area contributed by atoms with Crippen molar-refractivity contribution >= 4 is 14.0 Å². The number of pyridine rings is 1. The normalized spacial score (nSPS) is 10.4. The van der Waals surface area contributed by atoms with Crippen LogP contribution in [0.5, 0.6) is 0 Å². The van der Waals surface area contributed by atoms with Crippen molar-refractivity contribution in [3.05, 3.63) is 29.6 Å². The molecule has 1 aromatic heterocycles. The summed E-state index contributed by atoms with van der Waals surface area (Å²) in [7, 11) is -1.36. The first-order chi connectivity index (χ1) is 8.37. The SMILES string of the molecule is CC(=O)NCCc1cccc(C#C[Si](C)(C)C)n1. The molecule has 0 aliphatic carbocycles. The van der Waals surface area contributed by atoms with Crippen LogP contribution in [0.15, 0.2) is 18.2 Å². The van der Waals surface area contributed by atoms with E-state index < -0.39 is 8.07 Å². The molecule has 1 amide bonds. The quantitative estimate of drug-likeness (QED) is 0.667. The van der Waals surface area contributed by atoms with Crippen LogP contribution in [0.1, 0.15) is 18.3 Å². The zero-order valence-electron chi connectivity index (χ0n) is 11.5. The minimum absolute atomic E-state index is 0.00956. The molecule has 4 heteroatoms. The molecular formula is C14H20N2OSi. The Morgan fingerprint density at radius 1 is 1.39 bits per heavy atom. The van der Waals surface area contributed by atoms with E-state index in [0.29, 0.717) is 6.54 Å². The lowest BCUT2D eigenvalue weighted by Crippen LogP contribution is -2.22. The summed E-state index contributed by atoms with van der Waals surface area (Å²) in [5.41, 5.74) is 5.08. The third kappa shape index (κ3) is 6.21. The van der Waals surface area contributed by atoms with Crippen molar-refractivity contribution in [3.63, 3.8) is 0 Å². The number of carbonyl (C=O) groups is 1. The Bertz CT molecular complexity index is 481. The number of rotatable bonds is 3. The molecule has 0 spiro atoms. The largest absolute Gasteiger partial charge is 0.356 e. The predicted molar refractivity (Wildman–Crippen MR) is 76.8 cm³/mol. The second-order valence-corrected chi connectivity index (χ2v) is 10.00. The van der Waals surface area contributed by atoms with Gasteiger partial charge in [-0.25, -0.2) is 4.98 Å². The Balaban J connectivity index is 2.67. The molecule has 1 heterocycles. The fourth-order valence-corrected chi connectivity index (χ4v) is 1.81. The van der Waals surface area contributed by atoms with Crippen molar-refractivity contribution in [2.45, 2.75) is 33.0 Å². The summed E-state index contributed by atoms with van der Waals surface area (Å²) in [6.45, 7) is 8.76. The molecule has 3 nitrogen and oxygen atoms in total. The van der Waals surface area contributed by atoms with Crippen LogP contribution in [0.3, 0.4) is 0 Å². The Morgan fingerprint density at radius 3 is 2.72 bits per heavy atom. The maximum absolute atomic E-state index is 10.8. The van der Waals surface area contributed by atoms with E-state index in [1.54, 1.807) is 0 Å². The van der Waals surface area contributed by atoms with Crippen molar-refractivity contribution in [3.8, 4) is 11.5 Å². The summed E-state index contributed by atoms with van der Waals surface area (Å²) in [4.78, 5) is 15.2. The molecule has 1 rings (SSSR count). The highest BCUT2D eigenvalue weighted by Crippen LogP contribution is 2.01. The fourth-order valence-electron chi connectivity index (χ4n) is 1.31. The number of hydrogen-bond donors (Lipinski definition) is 1. The first-order valence-electron chi connectivity index (χ1n) is 6.10. The van der Waals surface area contributed by atoms with Crippen molar-refractivity contribution < 1.29 is 4.79 Å². The van der Waals surface area contributed by atoms with Gasteiger partial charge in [-0.3, -0.25) is 4.79 Å². The average molecular weight is 260 g/mol. The van der Waals surface area contributed by atoms with Crippen LogP contribution in [0.25, 0.3) is 0 Å². The lowest BCUT2D eigenvalue weighted by Gasteiger charge is -2.04. The number of nitrogens with one attached hydrogen (secondary N) is 1. The van der Waals surface area contributed by atoms with Gasteiger partial charge in [0.25, 0.3) is 0 Å². The first-order valence-corrected chi connectivity index (χ1v) is 9.60. The molecule has 0 bridgehead atoms. The smallest absolute Gasteiger partial charge is 0.216 e. The number of hydrogen-bond acceptors (Lipinski definition) is 2. The maximum Gasteiger partial charge on any atom is 0.216 e.